The van der Waals surface area contributed by atoms with Crippen LogP contribution in [0.2, 0.25) is 5.15 Å². The summed E-state index contributed by atoms with van der Waals surface area (Å²) in [6, 6.07) is -0.291. The summed E-state index contributed by atoms with van der Waals surface area (Å²) in [6.45, 7) is 0.606. The number of fused-ring (bicyclic) bond motifs is 1. The van der Waals surface area contributed by atoms with Gasteiger partial charge in [0.1, 0.15) is 35.0 Å². The van der Waals surface area contributed by atoms with Gasteiger partial charge in [-0.3, -0.25) is 0 Å². The number of aliphatic hydroxyl groups excluding tert-OH is 1. The van der Waals surface area contributed by atoms with Crippen LogP contribution in [-0.4, -0.2) is 43.5 Å². The summed E-state index contributed by atoms with van der Waals surface area (Å²) in [7, 11) is 0. The van der Waals surface area contributed by atoms with Crippen molar-refractivity contribution in [2.45, 2.75) is 25.6 Å². The van der Waals surface area contributed by atoms with Crippen LogP contribution in [0.5, 0.6) is 0 Å². The third-order valence-corrected chi connectivity index (χ3v) is 4.26. The molecule has 3 aromatic rings. The average Bonchev–Trinajstić information content (AvgIpc) is 3.10. The van der Waals surface area contributed by atoms with E-state index in [9.17, 15) is 22.0 Å². The van der Waals surface area contributed by atoms with Gasteiger partial charge in [-0.2, -0.15) is 32.8 Å². The first kappa shape index (κ1) is 21.7. The van der Waals surface area contributed by atoms with E-state index in [-0.39, 0.29) is 24.4 Å². The lowest BCUT2D eigenvalue weighted by Crippen LogP contribution is -2.34. The second-order valence-electron chi connectivity index (χ2n) is 6.10. The molecule has 2 aromatic heterocycles. The van der Waals surface area contributed by atoms with Gasteiger partial charge in [-0.1, -0.05) is 23.4 Å². The van der Waals surface area contributed by atoms with E-state index >= 15 is 0 Å². The van der Waals surface area contributed by atoms with E-state index in [0.29, 0.717) is 0 Å². The van der Waals surface area contributed by atoms with Gasteiger partial charge in [0.15, 0.2) is 0 Å². The van der Waals surface area contributed by atoms with Crippen LogP contribution in [0.1, 0.15) is 18.9 Å². The number of nitrogens with zero attached hydrogens (tertiary/aromatic N) is 4. The molecular weight excluding hydrogens is 433 g/mol. The first-order valence-electron chi connectivity index (χ1n) is 8.45. The topological polar surface area (TPSA) is 75.3 Å². The van der Waals surface area contributed by atoms with Crippen molar-refractivity contribution in [3.63, 3.8) is 0 Å². The molecule has 3 rings (SSSR count). The molecule has 0 saturated heterocycles. The fourth-order valence-electron chi connectivity index (χ4n) is 2.56. The molecule has 0 aliphatic rings. The van der Waals surface area contributed by atoms with E-state index in [1.54, 1.807) is 0 Å². The number of benzene rings is 1. The summed E-state index contributed by atoms with van der Waals surface area (Å²) in [5, 5.41) is 14.2. The largest absolute Gasteiger partial charge is 0.408 e. The number of halogens is 6. The molecule has 1 atom stereocenters. The van der Waals surface area contributed by atoms with Gasteiger partial charge in [-0.05, 0) is 19.1 Å². The van der Waals surface area contributed by atoms with Crippen LogP contribution in [0.15, 0.2) is 18.5 Å². The summed E-state index contributed by atoms with van der Waals surface area (Å²) in [5.74, 6) is 2.18. The number of hydrogen-bond donors (Lipinski definition) is 2. The second-order valence-corrected chi connectivity index (χ2v) is 6.45. The minimum Gasteiger partial charge on any atom is -0.395 e. The Bertz CT molecular complexity index is 1130. The number of aromatic nitrogens is 4. The average molecular weight is 446 g/mol. The Hall–Kier alpha value is -2.97. The van der Waals surface area contributed by atoms with Crippen molar-refractivity contribution >= 4 is 23.2 Å². The van der Waals surface area contributed by atoms with Gasteiger partial charge in [0.2, 0.25) is 0 Å². The molecule has 2 N–H and O–H groups in total. The van der Waals surface area contributed by atoms with E-state index in [0.717, 1.165) is 29.9 Å². The third kappa shape index (κ3) is 4.29. The van der Waals surface area contributed by atoms with Crippen molar-refractivity contribution in [2.75, 3.05) is 11.9 Å². The molecule has 30 heavy (non-hydrogen) atoms. The molecule has 1 aromatic carbocycles. The van der Waals surface area contributed by atoms with Crippen molar-refractivity contribution in [1.29, 1.82) is 0 Å². The summed E-state index contributed by atoms with van der Waals surface area (Å²) < 4.78 is 69.9. The Labute approximate surface area is 171 Å². The van der Waals surface area contributed by atoms with Crippen LogP contribution in [0, 0.1) is 23.5 Å². The van der Waals surface area contributed by atoms with Crippen molar-refractivity contribution < 1.29 is 27.1 Å². The van der Waals surface area contributed by atoms with Crippen LogP contribution >= 0.6 is 11.6 Å². The molecular formula is C18H13ClF5N5O. The number of nitrogens with one attached hydrogen (secondary N) is 1. The molecule has 0 amide bonds. The molecule has 6 nitrogen and oxygen atoms in total. The standard InChI is InChI=1S/C18H13ClF5N5O/c1-9(18(22,23)24)27-16-14(15(19)28-17-25-8-26-29(16)17)13-11(20)6-10(7-12(13)21)4-2-3-5-30/h6-9,27,30H,3,5H2,1H3. The molecule has 0 fully saturated rings. The lowest BCUT2D eigenvalue weighted by molar-refractivity contribution is -0.138. The predicted molar refractivity (Wildman–Crippen MR) is 98.9 cm³/mol. The Morgan fingerprint density at radius 2 is 1.90 bits per heavy atom. The maximum Gasteiger partial charge on any atom is 0.408 e. The maximum atomic E-state index is 14.8. The highest BCUT2D eigenvalue weighted by molar-refractivity contribution is 6.33. The minimum atomic E-state index is -4.66. The number of aliphatic hydroxyl groups is 1. The SMILES string of the molecule is CC(Nc1c(-c2c(F)cc(C#CCCO)cc2F)c(Cl)nc2ncnn12)C(F)(F)F. The molecule has 12 heteroatoms. The lowest BCUT2D eigenvalue weighted by Gasteiger charge is -2.21. The minimum absolute atomic E-state index is 0.0220. The van der Waals surface area contributed by atoms with Gasteiger partial charge in [0.25, 0.3) is 5.78 Å². The van der Waals surface area contributed by atoms with Crippen LogP contribution in [0.25, 0.3) is 16.9 Å². The number of alkyl halides is 3. The van der Waals surface area contributed by atoms with Crippen LogP contribution in [-0.2, 0) is 0 Å². The monoisotopic (exact) mass is 445 g/mol. The van der Waals surface area contributed by atoms with Crippen molar-refractivity contribution in [1.82, 2.24) is 19.6 Å². The van der Waals surface area contributed by atoms with Crippen LogP contribution in [0.3, 0.4) is 0 Å². The Morgan fingerprint density at radius 3 is 2.50 bits per heavy atom. The van der Waals surface area contributed by atoms with E-state index in [2.05, 4.69) is 32.2 Å². The third-order valence-electron chi connectivity index (χ3n) is 3.99. The fourth-order valence-corrected chi connectivity index (χ4v) is 2.82. The van der Waals surface area contributed by atoms with Gasteiger partial charge in [-0.15, -0.1) is 0 Å². The second kappa shape index (κ2) is 8.41. The van der Waals surface area contributed by atoms with Gasteiger partial charge in [0, 0.05) is 12.0 Å². The Morgan fingerprint density at radius 1 is 1.23 bits per heavy atom. The Kier molecular flexibility index (Phi) is 6.09. The van der Waals surface area contributed by atoms with Crippen molar-refractivity contribution in [3.8, 4) is 23.0 Å². The molecule has 0 aliphatic heterocycles. The molecule has 1 unspecified atom stereocenters. The van der Waals surface area contributed by atoms with E-state index < -0.39 is 46.0 Å². The van der Waals surface area contributed by atoms with Gasteiger partial charge >= 0.3 is 6.18 Å². The van der Waals surface area contributed by atoms with Crippen LogP contribution in [0.4, 0.5) is 27.8 Å². The lowest BCUT2D eigenvalue weighted by atomic mass is 10.0. The van der Waals surface area contributed by atoms with Crippen molar-refractivity contribution in [2.24, 2.45) is 0 Å². The molecule has 0 bridgehead atoms. The first-order valence-corrected chi connectivity index (χ1v) is 8.83. The predicted octanol–water partition coefficient (Wildman–Crippen LogP) is 3.82. The Balaban J connectivity index is 2.22. The smallest absolute Gasteiger partial charge is 0.395 e. The zero-order valence-electron chi connectivity index (χ0n) is 15.2. The molecule has 0 aliphatic carbocycles. The highest BCUT2D eigenvalue weighted by atomic mass is 35.5. The normalized spacial score (nSPS) is 12.5. The molecule has 2 heterocycles. The number of hydrogen-bond acceptors (Lipinski definition) is 5. The molecule has 158 valence electrons. The quantitative estimate of drug-likeness (QED) is 0.363. The van der Waals surface area contributed by atoms with E-state index in [1.807, 2.05) is 0 Å². The summed E-state index contributed by atoms with van der Waals surface area (Å²) in [5.41, 5.74) is -1.17. The van der Waals surface area contributed by atoms with Gasteiger partial charge in [0.05, 0.1) is 17.7 Å². The summed E-state index contributed by atoms with van der Waals surface area (Å²) in [4.78, 5) is 7.61. The summed E-state index contributed by atoms with van der Waals surface area (Å²) >= 11 is 6.08. The van der Waals surface area contributed by atoms with Crippen LogP contribution < -0.4 is 5.32 Å². The highest BCUT2D eigenvalue weighted by Crippen LogP contribution is 2.38. The van der Waals surface area contributed by atoms with Gasteiger partial charge in [-0.25, -0.2) is 8.78 Å². The zero-order valence-corrected chi connectivity index (χ0v) is 16.0. The first-order chi connectivity index (χ1) is 14.1. The highest BCUT2D eigenvalue weighted by Gasteiger charge is 2.37. The fraction of sp³-hybridized carbons (Fsp3) is 0.278. The van der Waals surface area contributed by atoms with E-state index in [4.69, 9.17) is 16.7 Å². The summed E-state index contributed by atoms with van der Waals surface area (Å²) in [6.07, 6.45) is -3.55. The van der Waals surface area contributed by atoms with E-state index in [1.165, 1.54) is 0 Å². The maximum absolute atomic E-state index is 14.8. The van der Waals surface area contributed by atoms with Crippen molar-refractivity contribution in [3.05, 3.63) is 40.8 Å². The number of rotatable bonds is 4. The molecule has 0 saturated carbocycles. The molecule has 0 spiro atoms. The number of anilines is 1. The van der Waals surface area contributed by atoms with Gasteiger partial charge < -0.3 is 10.4 Å². The molecule has 0 radical (unpaired) electrons. The zero-order chi connectivity index (χ0) is 22.1.